The molecule has 1 aromatic rings. The van der Waals surface area contributed by atoms with Gasteiger partial charge in [0.2, 0.25) is 5.91 Å². The predicted molar refractivity (Wildman–Crippen MR) is 119 cm³/mol. The first-order valence-electron chi connectivity index (χ1n) is 9.22. The predicted octanol–water partition coefficient (Wildman–Crippen LogP) is 3.08. The van der Waals surface area contributed by atoms with Crippen LogP contribution in [0.1, 0.15) is 48.7 Å². The minimum absolute atomic E-state index is 0. The molecule has 1 fully saturated rings. The highest BCUT2D eigenvalue weighted by Gasteiger charge is 2.20. The normalized spacial score (nSPS) is 17.6. The van der Waals surface area contributed by atoms with Gasteiger partial charge in [-0.2, -0.15) is 0 Å². The van der Waals surface area contributed by atoms with E-state index in [-0.39, 0.29) is 29.9 Å². The Kier molecular flexibility index (Phi) is 10.4. The maximum atomic E-state index is 12.3. The smallest absolute Gasteiger partial charge is 0.224 e. The Labute approximate surface area is 178 Å². The van der Waals surface area contributed by atoms with Crippen LogP contribution in [-0.4, -0.2) is 47.9 Å². The molecule has 8 heteroatoms. The van der Waals surface area contributed by atoms with Crippen molar-refractivity contribution in [3.8, 4) is 0 Å². The molecule has 1 unspecified atom stereocenters. The summed E-state index contributed by atoms with van der Waals surface area (Å²) in [6.07, 6.45) is 2.86. The van der Waals surface area contributed by atoms with Gasteiger partial charge in [0.05, 0.1) is 12.2 Å². The number of aliphatic imine (C=N–C) groups is 1. The Morgan fingerprint density at radius 1 is 1.38 bits per heavy atom. The number of hydrogen-bond donors (Lipinski definition) is 2. The van der Waals surface area contributed by atoms with Crippen molar-refractivity contribution in [3.05, 3.63) is 15.6 Å². The molecule has 6 nitrogen and oxygen atoms in total. The van der Waals surface area contributed by atoms with Crippen LogP contribution in [0.5, 0.6) is 0 Å². The largest absolute Gasteiger partial charge is 0.357 e. The molecule has 1 aliphatic heterocycles. The third-order valence-electron chi connectivity index (χ3n) is 4.43. The maximum absolute atomic E-state index is 12.3. The average Bonchev–Trinajstić information content (AvgIpc) is 2.90. The van der Waals surface area contributed by atoms with Crippen molar-refractivity contribution < 1.29 is 4.79 Å². The molecule has 0 spiro atoms. The number of nitrogens with one attached hydrogen (secondary N) is 2. The second kappa shape index (κ2) is 11.7. The lowest BCUT2D eigenvalue weighted by molar-refractivity contribution is -0.132. The molecule has 1 amide bonds. The lowest BCUT2D eigenvalue weighted by Crippen LogP contribution is -2.42. The lowest BCUT2D eigenvalue weighted by Gasteiger charge is -2.31. The van der Waals surface area contributed by atoms with Crippen LogP contribution < -0.4 is 10.6 Å². The van der Waals surface area contributed by atoms with Crippen molar-refractivity contribution >= 4 is 47.2 Å². The molecule has 26 heavy (non-hydrogen) atoms. The fourth-order valence-electron chi connectivity index (χ4n) is 2.96. The highest BCUT2D eigenvalue weighted by molar-refractivity contribution is 14.0. The SMILES string of the molecule is CCNC(=NCc1nc(C)c(C)s1)NCCC(=O)N1CCCC(C)C1.I. The van der Waals surface area contributed by atoms with Crippen LogP contribution >= 0.6 is 35.3 Å². The number of piperidine rings is 1. The Balaban J connectivity index is 0.00000338. The summed E-state index contributed by atoms with van der Waals surface area (Å²) in [4.78, 5) is 24.7. The van der Waals surface area contributed by atoms with E-state index in [1.807, 2.05) is 18.7 Å². The summed E-state index contributed by atoms with van der Waals surface area (Å²) in [7, 11) is 0. The van der Waals surface area contributed by atoms with E-state index in [4.69, 9.17) is 0 Å². The Hall–Kier alpha value is -0.900. The molecule has 0 aromatic carbocycles. The van der Waals surface area contributed by atoms with E-state index >= 15 is 0 Å². The molecule has 2 N–H and O–H groups in total. The minimum Gasteiger partial charge on any atom is -0.357 e. The molecule has 0 bridgehead atoms. The topological polar surface area (TPSA) is 69.6 Å². The van der Waals surface area contributed by atoms with Gasteiger partial charge in [0.1, 0.15) is 5.01 Å². The van der Waals surface area contributed by atoms with Gasteiger partial charge in [-0.3, -0.25) is 4.79 Å². The molecule has 1 aromatic heterocycles. The van der Waals surface area contributed by atoms with E-state index in [2.05, 4.69) is 34.5 Å². The quantitative estimate of drug-likeness (QED) is 0.363. The number of nitrogens with zero attached hydrogens (tertiary/aromatic N) is 3. The van der Waals surface area contributed by atoms with Gasteiger partial charge in [-0.1, -0.05) is 6.92 Å². The van der Waals surface area contributed by atoms with Crippen molar-refractivity contribution in [2.45, 2.75) is 53.5 Å². The first-order chi connectivity index (χ1) is 12.0. The highest BCUT2D eigenvalue weighted by atomic mass is 127. The fourth-order valence-corrected chi connectivity index (χ4v) is 3.82. The van der Waals surface area contributed by atoms with Crippen LogP contribution in [0.25, 0.3) is 0 Å². The zero-order valence-corrected chi connectivity index (χ0v) is 19.4. The van der Waals surface area contributed by atoms with Gasteiger partial charge in [-0.15, -0.1) is 35.3 Å². The van der Waals surface area contributed by atoms with Gasteiger partial charge in [0, 0.05) is 37.5 Å². The summed E-state index contributed by atoms with van der Waals surface area (Å²) < 4.78 is 0. The third-order valence-corrected chi connectivity index (χ3v) is 5.49. The molecule has 2 heterocycles. The summed E-state index contributed by atoms with van der Waals surface area (Å²) in [6.45, 7) is 12.1. The number of halogens is 1. The van der Waals surface area contributed by atoms with Crippen LogP contribution in [0, 0.1) is 19.8 Å². The van der Waals surface area contributed by atoms with Gasteiger partial charge in [-0.25, -0.2) is 9.98 Å². The number of carbonyl (C=O) groups is 1. The van der Waals surface area contributed by atoms with E-state index in [9.17, 15) is 4.79 Å². The number of thiazole rings is 1. The van der Waals surface area contributed by atoms with E-state index in [1.54, 1.807) is 11.3 Å². The summed E-state index contributed by atoms with van der Waals surface area (Å²) in [5, 5.41) is 7.51. The molecule has 0 aliphatic carbocycles. The molecule has 148 valence electrons. The van der Waals surface area contributed by atoms with Gasteiger partial charge in [0.15, 0.2) is 5.96 Å². The van der Waals surface area contributed by atoms with E-state index < -0.39 is 0 Å². The number of aryl methyl sites for hydroxylation is 2. The van der Waals surface area contributed by atoms with Crippen LogP contribution in [-0.2, 0) is 11.3 Å². The Bertz CT molecular complexity index is 585. The van der Waals surface area contributed by atoms with Gasteiger partial charge in [0.25, 0.3) is 0 Å². The van der Waals surface area contributed by atoms with Crippen molar-refractivity contribution in [2.24, 2.45) is 10.9 Å². The minimum atomic E-state index is 0. The summed E-state index contributed by atoms with van der Waals surface area (Å²) >= 11 is 1.69. The van der Waals surface area contributed by atoms with Gasteiger partial charge in [-0.05, 0) is 39.5 Å². The van der Waals surface area contributed by atoms with Crippen molar-refractivity contribution in [1.82, 2.24) is 20.5 Å². The van der Waals surface area contributed by atoms with Crippen molar-refractivity contribution in [2.75, 3.05) is 26.2 Å². The number of aromatic nitrogens is 1. The number of likely N-dealkylation sites (tertiary alicyclic amines) is 1. The van der Waals surface area contributed by atoms with Gasteiger partial charge < -0.3 is 15.5 Å². The average molecular weight is 493 g/mol. The number of hydrogen-bond acceptors (Lipinski definition) is 4. The van der Waals surface area contributed by atoms with Crippen molar-refractivity contribution in [1.29, 1.82) is 0 Å². The molecule has 1 atom stereocenters. The van der Waals surface area contributed by atoms with Gasteiger partial charge >= 0.3 is 0 Å². The van der Waals surface area contributed by atoms with E-state index in [1.165, 1.54) is 11.3 Å². The fraction of sp³-hybridized carbons (Fsp3) is 0.722. The second-order valence-corrected chi connectivity index (χ2v) is 8.00. The Morgan fingerprint density at radius 2 is 2.15 bits per heavy atom. The number of rotatable bonds is 6. The number of carbonyl (C=O) groups excluding carboxylic acids is 1. The van der Waals surface area contributed by atoms with Crippen molar-refractivity contribution in [3.63, 3.8) is 0 Å². The molecule has 1 saturated heterocycles. The summed E-state index contributed by atoms with van der Waals surface area (Å²) in [6, 6.07) is 0. The first-order valence-corrected chi connectivity index (χ1v) is 10.0. The molecular weight excluding hydrogens is 461 g/mol. The third kappa shape index (κ3) is 7.38. The maximum Gasteiger partial charge on any atom is 0.224 e. The van der Waals surface area contributed by atoms with E-state index in [0.717, 1.165) is 42.7 Å². The zero-order valence-electron chi connectivity index (χ0n) is 16.3. The monoisotopic (exact) mass is 493 g/mol. The molecule has 0 saturated carbocycles. The second-order valence-electron chi connectivity index (χ2n) is 6.71. The molecular formula is C18H32IN5OS. The molecule has 0 radical (unpaired) electrons. The number of guanidine groups is 1. The number of amides is 1. The zero-order chi connectivity index (χ0) is 18.2. The first kappa shape index (κ1) is 23.1. The lowest BCUT2D eigenvalue weighted by atomic mass is 10.00. The standard InChI is InChI=1S/C18H31N5OS.HI/c1-5-19-18(21-11-16-22-14(3)15(4)25-16)20-9-8-17(24)23-10-6-7-13(2)12-23;/h13H,5-12H2,1-4H3,(H2,19,20,21);1H. The van der Waals surface area contributed by atoms with Crippen LogP contribution in [0.15, 0.2) is 4.99 Å². The highest BCUT2D eigenvalue weighted by Crippen LogP contribution is 2.17. The van der Waals surface area contributed by atoms with Crippen LogP contribution in [0.2, 0.25) is 0 Å². The Morgan fingerprint density at radius 3 is 2.77 bits per heavy atom. The molecule has 2 rings (SSSR count). The van der Waals surface area contributed by atoms with Crippen LogP contribution in [0.3, 0.4) is 0 Å². The molecule has 1 aliphatic rings. The van der Waals surface area contributed by atoms with Crippen LogP contribution in [0.4, 0.5) is 0 Å². The summed E-state index contributed by atoms with van der Waals surface area (Å²) in [5.41, 5.74) is 1.08. The van der Waals surface area contributed by atoms with E-state index in [0.29, 0.717) is 25.4 Å². The summed E-state index contributed by atoms with van der Waals surface area (Å²) in [5.74, 6) is 1.60.